The number of hydrogen-bond donors (Lipinski definition) is 0. The van der Waals surface area contributed by atoms with Gasteiger partial charge in [0.05, 0.1) is 27.7 Å². The molecule has 5 aromatic rings. The van der Waals surface area contributed by atoms with Crippen LogP contribution in [0.3, 0.4) is 0 Å². The third-order valence-electron chi connectivity index (χ3n) is 8.96. The average Bonchev–Trinajstić information content (AvgIpc) is 3.43. The molecule has 0 bridgehead atoms. The molecule has 0 amide bonds. The molecule has 1 aliphatic carbocycles. The van der Waals surface area contributed by atoms with Crippen molar-refractivity contribution in [2.75, 3.05) is 6.61 Å². The molecule has 42 heavy (non-hydrogen) atoms. The van der Waals surface area contributed by atoms with Gasteiger partial charge in [0.2, 0.25) is 0 Å². The average molecular weight is 607 g/mol. The van der Waals surface area contributed by atoms with Gasteiger partial charge in [-0.15, -0.1) is 21.5 Å². The number of hydrogen-bond acceptors (Lipinski definition) is 6. The minimum absolute atomic E-state index is 0.161. The van der Waals surface area contributed by atoms with Crippen molar-refractivity contribution in [2.24, 2.45) is 13.0 Å². The van der Waals surface area contributed by atoms with E-state index in [0.717, 1.165) is 35.3 Å². The molecule has 0 saturated heterocycles. The van der Waals surface area contributed by atoms with E-state index in [1.165, 1.54) is 28.8 Å². The zero-order chi connectivity index (χ0) is 30.0. The highest BCUT2D eigenvalue weighted by Crippen LogP contribution is 2.43. The quantitative estimate of drug-likeness (QED) is 0.174. The van der Waals surface area contributed by atoms with E-state index in [9.17, 15) is 4.39 Å². The summed E-state index contributed by atoms with van der Waals surface area (Å²) in [7, 11) is 0.144. The summed E-state index contributed by atoms with van der Waals surface area (Å²) in [6.07, 6.45) is 2.06. The van der Waals surface area contributed by atoms with Crippen LogP contribution in [0.15, 0.2) is 41.8 Å². The van der Waals surface area contributed by atoms with E-state index in [4.69, 9.17) is 9.16 Å². The maximum Gasteiger partial charge on any atom is 0.192 e. The molecule has 0 spiro atoms. The Hall–Kier alpha value is -3.21. The van der Waals surface area contributed by atoms with Crippen molar-refractivity contribution >= 4 is 40.8 Å². The van der Waals surface area contributed by atoms with Gasteiger partial charge in [0, 0.05) is 35.7 Å². The highest BCUT2D eigenvalue weighted by Gasteiger charge is 2.42. The van der Waals surface area contributed by atoms with Crippen molar-refractivity contribution in [3.63, 3.8) is 0 Å². The van der Waals surface area contributed by atoms with Crippen LogP contribution in [0.1, 0.15) is 39.4 Å². The molecule has 0 N–H and O–H groups in total. The van der Waals surface area contributed by atoms with Gasteiger partial charge in [-0.2, -0.15) is 0 Å². The second-order valence-corrected chi connectivity index (χ2v) is 18.5. The van der Waals surface area contributed by atoms with E-state index >= 15 is 4.39 Å². The zero-order valence-electron chi connectivity index (χ0n) is 25.1. The largest absolute Gasteiger partial charge is 0.492 e. The van der Waals surface area contributed by atoms with Crippen molar-refractivity contribution in [2.45, 2.75) is 64.8 Å². The van der Waals surface area contributed by atoms with Gasteiger partial charge < -0.3 is 13.7 Å². The van der Waals surface area contributed by atoms with Crippen LogP contribution in [0, 0.1) is 24.5 Å². The van der Waals surface area contributed by atoms with Gasteiger partial charge in [0.25, 0.3) is 0 Å². The fraction of sp³-hybridized carbons (Fsp3) is 0.406. The van der Waals surface area contributed by atoms with Crippen molar-refractivity contribution in [3.8, 4) is 28.3 Å². The topological polar surface area (TPSA) is 62.1 Å². The van der Waals surface area contributed by atoms with Crippen molar-refractivity contribution < 1.29 is 17.9 Å². The summed E-state index contributed by atoms with van der Waals surface area (Å²) in [6, 6.07) is 10.2. The van der Waals surface area contributed by atoms with Crippen LogP contribution in [0.5, 0.6) is 5.75 Å². The molecular weight excluding hydrogens is 571 g/mol. The standard InChI is InChI=1S/C32H36F2N4O2SSi/c1-18-35-25-14-20(8-11-26(25)38(18)5)29-31-28(24(34)17-41-31)30(37-36-29)23-10-9-21(33)15-27(23)39-16-19-12-22(13-19)40-42(6,7)32(2,3)4/h8-11,14-15,17,19,22H,12-13,16H2,1-7H3. The first-order valence-corrected chi connectivity index (χ1v) is 18.1. The number of benzene rings is 2. The smallest absolute Gasteiger partial charge is 0.192 e. The highest BCUT2D eigenvalue weighted by molar-refractivity contribution is 7.17. The van der Waals surface area contributed by atoms with Crippen LogP contribution in [0.4, 0.5) is 8.78 Å². The maximum atomic E-state index is 15.3. The molecule has 1 saturated carbocycles. The van der Waals surface area contributed by atoms with Crippen LogP contribution in [-0.4, -0.2) is 40.8 Å². The monoisotopic (exact) mass is 606 g/mol. The number of rotatable bonds is 7. The first-order chi connectivity index (χ1) is 19.8. The summed E-state index contributed by atoms with van der Waals surface area (Å²) in [6.45, 7) is 13.6. The Kier molecular flexibility index (Phi) is 7.22. The van der Waals surface area contributed by atoms with Gasteiger partial charge in [0.15, 0.2) is 8.32 Å². The highest BCUT2D eigenvalue weighted by atomic mass is 32.1. The number of nitrogens with zero attached hydrogens (tertiary/aromatic N) is 4. The molecule has 2 aromatic carbocycles. The first-order valence-electron chi connectivity index (χ1n) is 14.3. The van der Waals surface area contributed by atoms with Gasteiger partial charge in [0.1, 0.15) is 34.6 Å². The third kappa shape index (κ3) is 5.13. The van der Waals surface area contributed by atoms with E-state index in [2.05, 4.69) is 49.0 Å². The van der Waals surface area contributed by atoms with E-state index in [-0.39, 0.29) is 11.1 Å². The van der Waals surface area contributed by atoms with E-state index in [1.807, 2.05) is 36.7 Å². The van der Waals surface area contributed by atoms with Crippen molar-refractivity contribution in [1.29, 1.82) is 0 Å². The molecule has 0 radical (unpaired) electrons. The molecule has 1 aliphatic rings. The zero-order valence-corrected chi connectivity index (χ0v) is 26.9. The lowest BCUT2D eigenvalue weighted by Gasteiger charge is -2.44. The molecule has 3 heterocycles. The van der Waals surface area contributed by atoms with Crippen LogP contribution < -0.4 is 4.74 Å². The fourth-order valence-electron chi connectivity index (χ4n) is 5.29. The molecule has 0 unspecified atom stereocenters. The SMILES string of the molecule is Cc1nc2cc(-c3nnc(-c4ccc(F)cc4OCC4CC(O[Si](C)(C)C(C)(C)C)C4)c4c(F)csc34)ccc2n1C. The number of aromatic nitrogens is 4. The lowest BCUT2D eigenvalue weighted by molar-refractivity contribution is 0.0289. The molecule has 6 nitrogen and oxygen atoms in total. The molecule has 3 aromatic heterocycles. The van der Waals surface area contributed by atoms with Gasteiger partial charge in [-0.3, -0.25) is 0 Å². The Morgan fingerprint density at radius 1 is 1.05 bits per heavy atom. The summed E-state index contributed by atoms with van der Waals surface area (Å²) in [5.41, 5.74) is 4.09. The van der Waals surface area contributed by atoms with Gasteiger partial charge in [-0.25, -0.2) is 13.8 Å². The van der Waals surface area contributed by atoms with Crippen LogP contribution >= 0.6 is 11.3 Å². The predicted molar refractivity (Wildman–Crippen MR) is 168 cm³/mol. The molecule has 0 aliphatic heterocycles. The third-order valence-corrected chi connectivity index (χ3v) is 14.5. The summed E-state index contributed by atoms with van der Waals surface area (Å²) < 4.78 is 45.2. The van der Waals surface area contributed by atoms with Crippen LogP contribution in [0.2, 0.25) is 18.1 Å². The molecule has 10 heteroatoms. The number of ether oxygens (including phenoxy) is 1. The Bertz CT molecular complexity index is 1800. The number of fused-ring (bicyclic) bond motifs is 2. The Morgan fingerprint density at radius 2 is 1.79 bits per heavy atom. The Labute approximate surface area is 249 Å². The number of thiophene rings is 1. The Balaban J connectivity index is 1.27. The van der Waals surface area contributed by atoms with Crippen molar-refractivity contribution in [1.82, 2.24) is 19.7 Å². The Morgan fingerprint density at radius 3 is 2.52 bits per heavy atom. The minimum atomic E-state index is -1.83. The van der Waals surface area contributed by atoms with Gasteiger partial charge >= 0.3 is 0 Å². The molecule has 220 valence electrons. The van der Waals surface area contributed by atoms with Crippen molar-refractivity contribution in [3.05, 3.63) is 59.2 Å². The van der Waals surface area contributed by atoms with E-state index < -0.39 is 20.0 Å². The second kappa shape index (κ2) is 10.5. The molecule has 6 rings (SSSR count). The number of halogens is 2. The second-order valence-electron chi connectivity index (χ2n) is 12.9. The van der Waals surface area contributed by atoms with Crippen LogP contribution in [-0.2, 0) is 11.5 Å². The van der Waals surface area contributed by atoms with Gasteiger partial charge in [-0.1, -0.05) is 26.8 Å². The fourth-order valence-corrected chi connectivity index (χ4v) is 7.59. The predicted octanol–water partition coefficient (Wildman–Crippen LogP) is 8.68. The summed E-state index contributed by atoms with van der Waals surface area (Å²) in [5, 5.41) is 11.0. The first kappa shape index (κ1) is 28.9. The summed E-state index contributed by atoms with van der Waals surface area (Å²) >= 11 is 1.28. The normalized spacial score (nSPS) is 17.6. The van der Waals surface area contributed by atoms with E-state index in [0.29, 0.717) is 45.3 Å². The minimum Gasteiger partial charge on any atom is -0.492 e. The molecule has 1 fully saturated rings. The lowest BCUT2D eigenvalue weighted by atomic mass is 9.83. The molecular formula is C32H36F2N4O2SSi. The van der Waals surface area contributed by atoms with Crippen LogP contribution in [0.25, 0.3) is 43.6 Å². The maximum absolute atomic E-state index is 15.3. The summed E-state index contributed by atoms with van der Waals surface area (Å²) in [4.78, 5) is 4.63. The molecule has 0 atom stereocenters. The number of aryl methyl sites for hydroxylation is 2. The van der Waals surface area contributed by atoms with Gasteiger partial charge in [-0.05, 0) is 68.1 Å². The van der Waals surface area contributed by atoms with E-state index in [1.54, 1.807) is 6.07 Å². The summed E-state index contributed by atoms with van der Waals surface area (Å²) in [5.74, 6) is 0.735. The lowest BCUT2D eigenvalue weighted by Crippen LogP contribution is -2.48. The number of imidazole rings is 1.